The topological polar surface area (TPSA) is 93.5 Å². The van der Waals surface area contributed by atoms with Gasteiger partial charge < -0.3 is 20.7 Å². The van der Waals surface area contributed by atoms with E-state index in [1.807, 2.05) is 0 Å². The number of carboxylic acids is 1. The van der Waals surface area contributed by atoms with Crippen molar-refractivity contribution in [3.8, 4) is 0 Å². The Bertz CT molecular complexity index is 301. The number of rotatable bonds is 1. The van der Waals surface area contributed by atoms with Gasteiger partial charge in [0.1, 0.15) is 0 Å². The van der Waals surface area contributed by atoms with Crippen molar-refractivity contribution in [1.82, 2.24) is 10.2 Å². The Morgan fingerprint density at radius 3 is 3.00 bits per heavy atom. The van der Waals surface area contributed by atoms with E-state index in [1.54, 1.807) is 0 Å². The van der Waals surface area contributed by atoms with E-state index in [1.165, 1.54) is 4.90 Å². The lowest BCUT2D eigenvalue weighted by Gasteiger charge is -2.27. The van der Waals surface area contributed by atoms with Crippen LogP contribution >= 0.6 is 0 Å². The molecular weight excluding hydrogens is 174 g/mol. The van der Waals surface area contributed by atoms with Gasteiger partial charge in [-0.1, -0.05) is 0 Å². The molecule has 70 valence electrons. The molecule has 2 bridgehead atoms. The quantitative estimate of drug-likeness (QED) is 0.499. The number of nitrogens with one attached hydrogen (secondary N) is 2. The highest BCUT2D eigenvalue weighted by Crippen LogP contribution is 2.20. The molecule has 0 aromatic rings. The van der Waals surface area contributed by atoms with Crippen LogP contribution in [-0.4, -0.2) is 46.3 Å². The van der Waals surface area contributed by atoms with Crippen LogP contribution in [0, 0.1) is 5.41 Å². The van der Waals surface area contributed by atoms with E-state index in [9.17, 15) is 9.59 Å². The second-order valence-corrected chi connectivity index (χ2v) is 3.27. The van der Waals surface area contributed by atoms with Crippen molar-refractivity contribution in [2.75, 3.05) is 6.54 Å². The van der Waals surface area contributed by atoms with Gasteiger partial charge in [0.15, 0.2) is 6.04 Å². The molecule has 2 amide bonds. The van der Waals surface area contributed by atoms with Gasteiger partial charge in [-0.05, 0) is 0 Å². The van der Waals surface area contributed by atoms with E-state index in [0.717, 1.165) is 0 Å². The number of hydrogen-bond acceptors (Lipinski definition) is 3. The fraction of sp³-hybridized carbons (Fsp3) is 0.571. The first-order valence-corrected chi connectivity index (χ1v) is 3.97. The standard InChI is InChI=1S/C7H9N3O3/c8-4-1-3-2-10(7(13)9-3)5(4)6(11)12/h3,5,8H,1-2H2,(H,9,13)(H,11,12). The highest BCUT2D eigenvalue weighted by Gasteiger charge is 2.45. The number of hydrogen-bond donors (Lipinski definition) is 3. The number of nitrogens with zero attached hydrogens (tertiary/aromatic N) is 1. The summed E-state index contributed by atoms with van der Waals surface area (Å²) in [5.41, 5.74) is 0.0992. The van der Waals surface area contributed by atoms with Crippen LogP contribution in [0.2, 0.25) is 0 Å². The van der Waals surface area contributed by atoms with E-state index in [0.29, 0.717) is 13.0 Å². The van der Waals surface area contributed by atoms with Crippen molar-refractivity contribution >= 4 is 17.7 Å². The minimum Gasteiger partial charge on any atom is -0.479 e. The van der Waals surface area contributed by atoms with Crippen LogP contribution in [-0.2, 0) is 4.79 Å². The summed E-state index contributed by atoms with van der Waals surface area (Å²) in [6.45, 7) is 0.401. The predicted molar refractivity (Wildman–Crippen MR) is 42.8 cm³/mol. The van der Waals surface area contributed by atoms with Gasteiger partial charge in [0, 0.05) is 18.7 Å². The van der Waals surface area contributed by atoms with Crippen LogP contribution in [0.25, 0.3) is 0 Å². The average Bonchev–Trinajstić information content (AvgIpc) is 2.27. The largest absolute Gasteiger partial charge is 0.479 e. The van der Waals surface area contributed by atoms with E-state index in [4.69, 9.17) is 10.5 Å². The summed E-state index contributed by atoms with van der Waals surface area (Å²) >= 11 is 0. The molecule has 0 aromatic heterocycles. The highest BCUT2D eigenvalue weighted by molar-refractivity contribution is 6.08. The fourth-order valence-electron chi connectivity index (χ4n) is 1.81. The zero-order valence-corrected chi connectivity index (χ0v) is 6.78. The molecule has 6 nitrogen and oxygen atoms in total. The molecule has 0 aromatic carbocycles. The lowest BCUT2D eigenvalue weighted by atomic mass is 9.99. The molecule has 2 atom stereocenters. The number of carboxylic acid groups (broad SMARTS) is 1. The van der Waals surface area contributed by atoms with Crippen molar-refractivity contribution in [3.63, 3.8) is 0 Å². The Hall–Kier alpha value is -1.59. The molecule has 2 aliphatic rings. The zero-order chi connectivity index (χ0) is 9.59. The third kappa shape index (κ3) is 1.06. The van der Waals surface area contributed by atoms with Gasteiger partial charge in [-0.2, -0.15) is 0 Å². The molecule has 3 N–H and O–H groups in total. The first-order chi connectivity index (χ1) is 6.09. The zero-order valence-electron chi connectivity index (χ0n) is 6.78. The molecule has 2 aliphatic heterocycles. The summed E-state index contributed by atoms with van der Waals surface area (Å²) in [7, 11) is 0. The first kappa shape index (κ1) is 8.03. The van der Waals surface area contributed by atoms with Gasteiger partial charge in [0.05, 0.1) is 6.04 Å². The number of carbonyl (C=O) groups is 2. The molecule has 0 saturated carbocycles. The second-order valence-electron chi connectivity index (χ2n) is 3.27. The summed E-state index contributed by atoms with van der Waals surface area (Å²) in [6, 6.07) is -1.51. The molecule has 2 heterocycles. The Balaban J connectivity index is 2.30. The van der Waals surface area contributed by atoms with Crippen molar-refractivity contribution in [1.29, 1.82) is 5.41 Å². The Morgan fingerprint density at radius 1 is 1.69 bits per heavy atom. The van der Waals surface area contributed by atoms with Gasteiger partial charge in [0.25, 0.3) is 0 Å². The van der Waals surface area contributed by atoms with E-state index < -0.39 is 12.0 Å². The van der Waals surface area contributed by atoms with Gasteiger partial charge in [-0.15, -0.1) is 0 Å². The first-order valence-electron chi connectivity index (χ1n) is 3.97. The lowest BCUT2D eigenvalue weighted by molar-refractivity contribution is -0.139. The molecule has 2 rings (SSSR count). The van der Waals surface area contributed by atoms with Crippen molar-refractivity contribution in [3.05, 3.63) is 0 Å². The Morgan fingerprint density at radius 2 is 2.38 bits per heavy atom. The van der Waals surface area contributed by atoms with Crippen LogP contribution in [0.4, 0.5) is 4.79 Å². The molecule has 6 heteroatoms. The average molecular weight is 183 g/mol. The number of urea groups is 1. The van der Waals surface area contributed by atoms with E-state index in [-0.39, 0.29) is 17.8 Å². The third-order valence-corrected chi connectivity index (χ3v) is 2.35. The van der Waals surface area contributed by atoms with Crippen LogP contribution in [0.15, 0.2) is 0 Å². The molecule has 2 fully saturated rings. The predicted octanol–water partition coefficient (Wildman–Crippen LogP) is -0.743. The van der Waals surface area contributed by atoms with Crippen molar-refractivity contribution < 1.29 is 14.7 Å². The minimum absolute atomic E-state index is 0.0735. The van der Waals surface area contributed by atoms with Crippen molar-refractivity contribution in [2.24, 2.45) is 0 Å². The SMILES string of the molecule is N=C1CC2CN(C(=O)N2)C1C(=O)O. The van der Waals surface area contributed by atoms with Gasteiger partial charge in [0.2, 0.25) is 0 Å². The van der Waals surface area contributed by atoms with Crippen LogP contribution in [0.1, 0.15) is 6.42 Å². The monoisotopic (exact) mass is 183 g/mol. The van der Waals surface area contributed by atoms with Crippen LogP contribution < -0.4 is 5.32 Å². The molecule has 0 spiro atoms. The molecule has 2 saturated heterocycles. The summed E-state index contributed by atoms with van der Waals surface area (Å²) in [6.07, 6.45) is 0.346. The maximum atomic E-state index is 11.2. The molecule has 0 radical (unpaired) electrons. The summed E-state index contributed by atoms with van der Waals surface area (Å²) in [5.74, 6) is -1.12. The van der Waals surface area contributed by atoms with E-state index >= 15 is 0 Å². The highest BCUT2D eigenvalue weighted by atomic mass is 16.4. The lowest BCUT2D eigenvalue weighted by Crippen LogP contribution is -2.50. The maximum Gasteiger partial charge on any atom is 0.332 e. The number of fused-ring (bicyclic) bond motifs is 2. The number of aliphatic carboxylic acids is 1. The molecule has 13 heavy (non-hydrogen) atoms. The Labute approximate surface area is 74.0 Å². The summed E-state index contributed by atoms with van der Waals surface area (Å²) in [4.78, 5) is 23.1. The normalized spacial score (nSPS) is 31.8. The maximum absolute atomic E-state index is 11.2. The smallest absolute Gasteiger partial charge is 0.332 e. The Kier molecular flexibility index (Phi) is 1.51. The van der Waals surface area contributed by atoms with Crippen LogP contribution in [0.5, 0.6) is 0 Å². The van der Waals surface area contributed by atoms with Gasteiger partial charge >= 0.3 is 12.0 Å². The number of carbonyl (C=O) groups excluding carboxylic acids is 1. The van der Waals surface area contributed by atoms with Crippen molar-refractivity contribution in [2.45, 2.75) is 18.5 Å². The fourth-order valence-corrected chi connectivity index (χ4v) is 1.81. The van der Waals surface area contributed by atoms with Crippen LogP contribution in [0.3, 0.4) is 0 Å². The number of piperidine rings is 1. The summed E-state index contributed by atoms with van der Waals surface area (Å²) in [5, 5.41) is 18.9. The van der Waals surface area contributed by atoms with Gasteiger partial charge in [-0.25, -0.2) is 9.59 Å². The number of amides is 2. The molecular formula is C7H9N3O3. The minimum atomic E-state index is -1.12. The second kappa shape index (κ2) is 2.45. The molecule has 2 unspecified atom stereocenters. The molecule has 0 aliphatic carbocycles. The summed E-state index contributed by atoms with van der Waals surface area (Å²) < 4.78 is 0. The third-order valence-electron chi connectivity index (χ3n) is 2.35. The van der Waals surface area contributed by atoms with Gasteiger partial charge in [-0.3, -0.25) is 0 Å². The van der Waals surface area contributed by atoms with E-state index in [2.05, 4.69) is 5.32 Å².